The van der Waals surface area contributed by atoms with Crippen LogP contribution in [0.4, 0.5) is 4.39 Å². The van der Waals surface area contributed by atoms with E-state index < -0.39 is 0 Å². The Morgan fingerprint density at radius 2 is 1.88 bits per heavy atom. The van der Waals surface area contributed by atoms with Gasteiger partial charge in [0, 0.05) is 13.1 Å². The highest BCUT2D eigenvalue weighted by Gasteiger charge is 2.31. The predicted octanol–water partition coefficient (Wildman–Crippen LogP) is 2.27. The molecule has 6 heteroatoms. The largest absolute Gasteiger partial charge is 0.492 e. The van der Waals surface area contributed by atoms with Crippen molar-refractivity contribution in [3.63, 3.8) is 0 Å². The van der Waals surface area contributed by atoms with Crippen LogP contribution >= 0.6 is 0 Å². The van der Waals surface area contributed by atoms with Crippen LogP contribution < -0.4 is 15.6 Å². The molecule has 2 aromatic carbocycles. The Kier molecular flexibility index (Phi) is 5.63. The zero-order valence-corrected chi connectivity index (χ0v) is 14.1. The molecule has 2 atom stereocenters. The van der Waals surface area contributed by atoms with Gasteiger partial charge in [0.05, 0.1) is 6.54 Å². The summed E-state index contributed by atoms with van der Waals surface area (Å²) in [5.41, 5.74) is 7.42. The van der Waals surface area contributed by atoms with E-state index >= 15 is 0 Å². The smallest absolute Gasteiger partial charge is 0.240 e. The lowest BCUT2D eigenvalue weighted by atomic mass is 10.0. The van der Waals surface area contributed by atoms with Crippen molar-refractivity contribution in [1.29, 1.82) is 0 Å². The van der Waals surface area contributed by atoms with Gasteiger partial charge in [0.15, 0.2) is 0 Å². The molecule has 3 rings (SSSR count). The normalized spacial score (nSPS) is 19.6. The van der Waals surface area contributed by atoms with Crippen LogP contribution in [0, 0.1) is 5.82 Å². The molecule has 25 heavy (non-hydrogen) atoms. The van der Waals surface area contributed by atoms with E-state index in [1.807, 2.05) is 30.3 Å². The molecule has 1 fully saturated rings. The standard InChI is InChI=1S/C19H22FN3O2/c1-23(11-12-25-16-9-7-15(20)8-10-16)19(24)18-13-17(21-22-18)14-5-3-2-4-6-14/h2-10,17-18,21-22H,11-13H2,1H3. The van der Waals surface area contributed by atoms with Crippen LogP contribution in [0.15, 0.2) is 54.6 Å². The summed E-state index contributed by atoms with van der Waals surface area (Å²) >= 11 is 0. The fourth-order valence-electron chi connectivity index (χ4n) is 2.83. The average Bonchev–Trinajstić information content (AvgIpc) is 3.13. The van der Waals surface area contributed by atoms with Crippen molar-refractivity contribution in [3.05, 3.63) is 66.0 Å². The third-order valence-electron chi connectivity index (χ3n) is 4.29. The first-order chi connectivity index (χ1) is 12.1. The van der Waals surface area contributed by atoms with E-state index in [0.717, 1.165) is 5.56 Å². The highest BCUT2D eigenvalue weighted by Crippen LogP contribution is 2.22. The van der Waals surface area contributed by atoms with Crippen LogP contribution in [-0.4, -0.2) is 37.0 Å². The maximum atomic E-state index is 12.8. The number of rotatable bonds is 6. The van der Waals surface area contributed by atoms with E-state index in [-0.39, 0.29) is 23.8 Å². The van der Waals surface area contributed by atoms with E-state index in [1.54, 1.807) is 24.1 Å². The third-order valence-corrected chi connectivity index (χ3v) is 4.29. The van der Waals surface area contributed by atoms with Gasteiger partial charge in [-0.1, -0.05) is 30.3 Å². The Labute approximate surface area is 146 Å². The minimum absolute atomic E-state index is 0.0219. The zero-order chi connectivity index (χ0) is 17.6. The minimum Gasteiger partial charge on any atom is -0.492 e. The zero-order valence-electron chi connectivity index (χ0n) is 14.1. The molecule has 0 saturated carbocycles. The molecule has 2 aromatic rings. The minimum atomic E-state index is -0.299. The highest BCUT2D eigenvalue weighted by atomic mass is 19.1. The van der Waals surface area contributed by atoms with Gasteiger partial charge in [-0.05, 0) is 36.2 Å². The molecule has 0 spiro atoms. The Bertz CT molecular complexity index is 694. The Balaban J connectivity index is 1.45. The monoisotopic (exact) mass is 343 g/mol. The summed E-state index contributed by atoms with van der Waals surface area (Å²) in [6.45, 7) is 0.820. The molecule has 0 radical (unpaired) electrons. The van der Waals surface area contributed by atoms with E-state index in [2.05, 4.69) is 10.9 Å². The van der Waals surface area contributed by atoms with Crippen LogP contribution in [0.1, 0.15) is 18.0 Å². The molecule has 0 aromatic heterocycles. The van der Waals surface area contributed by atoms with Gasteiger partial charge >= 0.3 is 0 Å². The number of hydrogen-bond donors (Lipinski definition) is 2. The first kappa shape index (κ1) is 17.4. The number of halogens is 1. The number of hydrogen-bond acceptors (Lipinski definition) is 4. The summed E-state index contributed by atoms with van der Waals surface area (Å²) in [5, 5.41) is 0. The van der Waals surface area contributed by atoms with Crippen molar-refractivity contribution in [2.45, 2.75) is 18.5 Å². The van der Waals surface area contributed by atoms with E-state index in [4.69, 9.17) is 4.74 Å². The first-order valence-electron chi connectivity index (χ1n) is 8.33. The van der Waals surface area contributed by atoms with Crippen LogP contribution in [0.3, 0.4) is 0 Å². The number of carbonyl (C=O) groups excluding carboxylic acids is 1. The van der Waals surface area contributed by atoms with E-state index in [1.165, 1.54) is 12.1 Å². The summed E-state index contributed by atoms with van der Waals surface area (Å²) in [5.74, 6) is 0.313. The highest BCUT2D eigenvalue weighted by molar-refractivity contribution is 5.82. The summed E-state index contributed by atoms with van der Waals surface area (Å²) in [6.07, 6.45) is 0.700. The van der Waals surface area contributed by atoms with Gasteiger partial charge in [-0.25, -0.2) is 15.2 Å². The molecule has 0 aliphatic carbocycles. The molecule has 132 valence electrons. The number of ether oxygens (including phenoxy) is 1. The number of nitrogens with zero attached hydrogens (tertiary/aromatic N) is 1. The number of nitrogens with one attached hydrogen (secondary N) is 2. The molecular formula is C19H22FN3O2. The van der Waals surface area contributed by atoms with Crippen LogP contribution in [0.2, 0.25) is 0 Å². The molecule has 2 unspecified atom stereocenters. The topological polar surface area (TPSA) is 53.6 Å². The fraction of sp³-hybridized carbons (Fsp3) is 0.316. The summed E-state index contributed by atoms with van der Waals surface area (Å²) < 4.78 is 18.4. The SMILES string of the molecule is CN(CCOc1ccc(F)cc1)C(=O)C1CC(c2ccccc2)NN1. The van der Waals surface area contributed by atoms with Crippen molar-refractivity contribution in [3.8, 4) is 5.75 Å². The number of carbonyl (C=O) groups is 1. The van der Waals surface area contributed by atoms with Crippen LogP contribution in [0.25, 0.3) is 0 Å². The quantitative estimate of drug-likeness (QED) is 0.845. The summed E-state index contributed by atoms with van der Waals surface area (Å²) in [6, 6.07) is 15.8. The fourth-order valence-corrected chi connectivity index (χ4v) is 2.83. The molecule has 1 aliphatic rings. The summed E-state index contributed by atoms with van der Waals surface area (Å²) in [7, 11) is 1.76. The molecule has 1 saturated heterocycles. The average molecular weight is 343 g/mol. The van der Waals surface area contributed by atoms with Crippen LogP contribution in [0.5, 0.6) is 5.75 Å². The van der Waals surface area contributed by atoms with Gasteiger partial charge in [0.2, 0.25) is 5.91 Å². The second-order valence-electron chi connectivity index (χ2n) is 6.10. The molecule has 2 N–H and O–H groups in total. The number of hydrazine groups is 1. The van der Waals surface area contributed by atoms with Gasteiger partial charge in [-0.15, -0.1) is 0 Å². The van der Waals surface area contributed by atoms with Gasteiger partial charge in [0.1, 0.15) is 24.2 Å². The maximum absolute atomic E-state index is 12.8. The number of amides is 1. The lowest BCUT2D eigenvalue weighted by Crippen LogP contribution is -2.45. The van der Waals surface area contributed by atoms with Crippen molar-refractivity contribution < 1.29 is 13.9 Å². The second-order valence-corrected chi connectivity index (χ2v) is 6.10. The summed E-state index contributed by atoms with van der Waals surface area (Å²) in [4.78, 5) is 14.2. The van der Waals surface area contributed by atoms with Gasteiger partial charge in [-0.2, -0.15) is 0 Å². The van der Waals surface area contributed by atoms with Crippen molar-refractivity contribution >= 4 is 5.91 Å². The number of likely N-dealkylation sites (N-methyl/N-ethyl adjacent to an activating group) is 1. The van der Waals surface area contributed by atoms with E-state index in [0.29, 0.717) is 25.3 Å². The molecule has 1 heterocycles. The van der Waals surface area contributed by atoms with Crippen molar-refractivity contribution in [1.82, 2.24) is 15.8 Å². The van der Waals surface area contributed by atoms with Gasteiger partial charge in [-0.3, -0.25) is 4.79 Å². The molecule has 1 amide bonds. The van der Waals surface area contributed by atoms with Crippen molar-refractivity contribution in [2.24, 2.45) is 0 Å². The third kappa shape index (κ3) is 4.55. The van der Waals surface area contributed by atoms with Crippen LogP contribution in [-0.2, 0) is 4.79 Å². The molecular weight excluding hydrogens is 321 g/mol. The van der Waals surface area contributed by atoms with Crippen molar-refractivity contribution in [2.75, 3.05) is 20.2 Å². The Hall–Kier alpha value is -2.44. The first-order valence-corrected chi connectivity index (χ1v) is 8.33. The molecule has 5 nitrogen and oxygen atoms in total. The Morgan fingerprint density at radius 3 is 2.60 bits per heavy atom. The second kappa shape index (κ2) is 8.09. The Morgan fingerprint density at radius 1 is 1.16 bits per heavy atom. The maximum Gasteiger partial charge on any atom is 0.240 e. The van der Waals surface area contributed by atoms with Gasteiger partial charge in [0.25, 0.3) is 0 Å². The van der Waals surface area contributed by atoms with Gasteiger partial charge < -0.3 is 9.64 Å². The molecule has 0 bridgehead atoms. The lowest BCUT2D eigenvalue weighted by Gasteiger charge is -2.21. The molecule has 1 aliphatic heterocycles. The number of benzene rings is 2. The van der Waals surface area contributed by atoms with E-state index in [9.17, 15) is 9.18 Å². The lowest BCUT2D eigenvalue weighted by molar-refractivity contribution is -0.132. The predicted molar refractivity (Wildman–Crippen MR) is 93.4 cm³/mol.